The number of hydrogen-bond donors (Lipinski definition) is 2. The van der Waals surface area contributed by atoms with E-state index in [9.17, 15) is 10.1 Å². The van der Waals surface area contributed by atoms with Crippen molar-refractivity contribution in [2.45, 2.75) is 26.4 Å². The third kappa shape index (κ3) is 3.82. The van der Waals surface area contributed by atoms with Gasteiger partial charge in [-0.1, -0.05) is 29.8 Å². The fourth-order valence-electron chi connectivity index (χ4n) is 1.88. The molecule has 116 valence electrons. The molecule has 0 fully saturated rings. The molecular weight excluding hydrogens is 306 g/mol. The zero-order chi connectivity index (χ0) is 16.1. The SMILES string of the molecule is CC(C)Nc1ncnc(NCc2ccccc2Cl)c1[N+](=O)[O-]. The van der Waals surface area contributed by atoms with Crippen LogP contribution in [0, 0.1) is 10.1 Å². The number of nitro groups is 1. The van der Waals surface area contributed by atoms with Gasteiger partial charge in [0.2, 0.25) is 11.6 Å². The van der Waals surface area contributed by atoms with Gasteiger partial charge in [0.15, 0.2) is 0 Å². The summed E-state index contributed by atoms with van der Waals surface area (Å²) in [7, 11) is 0. The molecule has 1 aromatic heterocycles. The van der Waals surface area contributed by atoms with Crippen molar-refractivity contribution < 1.29 is 4.92 Å². The summed E-state index contributed by atoms with van der Waals surface area (Å²) in [6, 6.07) is 7.30. The molecule has 0 spiro atoms. The van der Waals surface area contributed by atoms with Gasteiger partial charge >= 0.3 is 5.69 Å². The van der Waals surface area contributed by atoms with Crippen LogP contribution < -0.4 is 10.6 Å². The van der Waals surface area contributed by atoms with E-state index in [0.29, 0.717) is 11.6 Å². The number of benzene rings is 1. The highest BCUT2D eigenvalue weighted by atomic mass is 35.5. The summed E-state index contributed by atoms with van der Waals surface area (Å²) < 4.78 is 0. The van der Waals surface area contributed by atoms with Crippen LogP contribution in [0.25, 0.3) is 0 Å². The molecule has 0 radical (unpaired) electrons. The fourth-order valence-corrected chi connectivity index (χ4v) is 2.08. The first-order valence-corrected chi connectivity index (χ1v) is 7.10. The molecular formula is C14H16ClN5O2. The van der Waals surface area contributed by atoms with Crippen molar-refractivity contribution in [2.75, 3.05) is 10.6 Å². The molecule has 0 aliphatic heterocycles. The summed E-state index contributed by atoms with van der Waals surface area (Å²) in [6.07, 6.45) is 1.28. The fraction of sp³-hybridized carbons (Fsp3) is 0.286. The van der Waals surface area contributed by atoms with Crippen molar-refractivity contribution in [3.8, 4) is 0 Å². The number of aromatic nitrogens is 2. The smallest absolute Gasteiger partial charge is 0.353 e. The summed E-state index contributed by atoms with van der Waals surface area (Å²) in [6.45, 7) is 4.09. The first-order valence-electron chi connectivity index (χ1n) is 6.72. The van der Waals surface area contributed by atoms with E-state index in [1.807, 2.05) is 32.0 Å². The second-order valence-corrected chi connectivity index (χ2v) is 5.33. The molecule has 0 aliphatic rings. The Bertz CT molecular complexity index is 678. The summed E-state index contributed by atoms with van der Waals surface area (Å²) in [5.74, 6) is 0.347. The maximum absolute atomic E-state index is 11.3. The zero-order valence-corrected chi connectivity index (χ0v) is 13.0. The standard InChI is InChI=1S/C14H16ClN5O2/c1-9(2)19-14-12(20(21)22)13(17-8-18-14)16-7-10-5-3-4-6-11(10)15/h3-6,8-9H,7H2,1-2H3,(H2,16,17,18,19). The van der Waals surface area contributed by atoms with Crippen LogP contribution in [0.15, 0.2) is 30.6 Å². The molecule has 0 aliphatic carbocycles. The lowest BCUT2D eigenvalue weighted by Crippen LogP contribution is -2.14. The second-order valence-electron chi connectivity index (χ2n) is 4.92. The molecule has 7 nitrogen and oxygen atoms in total. The Morgan fingerprint density at radius 2 is 1.95 bits per heavy atom. The number of nitrogens with zero attached hydrogens (tertiary/aromatic N) is 3. The minimum absolute atomic E-state index is 0.0185. The number of anilines is 2. The quantitative estimate of drug-likeness (QED) is 0.625. The van der Waals surface area contributed by atoms with Gasteiger partial charge in [0, 0.05) is 17.6 Å². The minimum Gasteiger partial charge on any atom is -0.362 e. The highest BCUT2D eigenvalue weighted by Gasteiger charge is 2.23. The molecule has 0 unspecified atom stereocenters. The van der Waals surface area contributed by atoms with Gasteiger partial charge in [-0.3, -0.25) is 10.1 Å². The lowest BCUT2D eigenvalue weighted by molar-refractivity contribution is -0.383. The van der Waals surface area contributed by atoms with Gasteiger partial charge in [-0.25, -0.2) is 9.97 Å². The number of hydrogen-bond acceptors (Lipinski definition) is 6. The van der Waals surface area contributed by atoms with Crippen molar-refractivity contribution in [3.63, 3.8) is 0 Å². The predicted molar refractivity (Wildman–Crippen MR) is 86.2 cm³/mol. The second kappa shape index (κ2) is 7.04. The highest BCUT2D eigenvalue weighted by molar-refractivity contribution is 6.31. The average molecular weight is 322 g/mol. The first kappa shape index (κ1) is 16.0. The zero-order valence-electron chi connectivity index (χ0n) is 12.2. The third-order valence-electron chi connectivity index (χ3n) is 2.83. The lowest BCUT2D eigenvalue weighted by atomic mass is 10.2. The van der Waals surface area contributed by atoms with Crippen LogP contribution in [0.5, 0.6) is 0 Å². The summed E-state index contributed by atoms with van der Waals surface area (Å²) in [5, 5.41) is 17.8. The molecule has 2 aromatic rings. The minimum atomic E-state index is -0.500. The molecule has 0 bridgehead atoms. The van der Waals surface area contributed by atoms with Crippen LogP contribution in [-0.4, -0.2) is 20.9 Å². The van der Waals surface area contributed by atoms with E-state index in [0.717, 1.165) is 5.56 Å². The molecule has 0 amide bonds. The van der Waals surface area contributed by atoms with Crippen LogP contribution in [0.2, 0.25) is 5.02 Å². The topological polar surface area (TPSA) is 93.0 Å². The van der Waals surface area contributed by atoms with E-state index >= 15 is 0 Å². The lowest BCUT2D eigenvalue weighted by Gasteiger charge is -2.12. The number of rotatable bonds is 6. The predicted octanol–water partition coefficient (Wildman–Crippen LogP) is 3.47. The number of halogens is 1. The molecule has 1 heterocycles. The molecule has 8 heteroatoms. The summed E-state index contributed by atoms with van der Waals surface area (Å²) in [5.41, 5.74) is 0.652. The van der Waals surface area contributed by atoms with Gasteiger partial charge in [-0.05, 0) is 25.5 Å². The molecule has 22 heavy (non-hydrogen) atoms. The first-order chi connectivity index (χ1) is 10.5. The summed E-state index contributed by atoms with van der Waals surface area (Å²) >= 11 is 6.07. The van der Waals surface area contributed by atoms with Crippen LogP contribution >= 0.6 is 11.6 Å². The Morgan fingerprint density at radius 3 is 2.59 bits per heavy atom. The van der Waals surface area contributed by atoms with E-state index in [1.165, 1.54) is 6.33 Å². The third-order valence-corrected chi connectivity index (χ3v) is 3.20. The van der Waals surface area contributed by atoms with Crippen molar-refractivity contribution in [1.82, 2.24) is 9.97 Å². The van der Waals surface area contributed by atoms with E-state index in [-0.39, 0.29) is 23.4 Å². The van der Waals surface area contributed by atoms with Crippen LogP contribution in [0.3, 0.4) is 0 Å². The maximum atomic E-state index is 11.3. The number of nitrogens with one attached hydrogen (secondary N) is 2. The van der Waals surface area contributed by atoms with E-state index in [4.69, 9.17) is 11.6 Å². The summed E-state index contributed by atoms with van der Waals surface area (Å²) in [4.78, 5) is 18.7. The Morgan fingerprint density at radius 1 is 1.27 bits per heavy atom. The van der Waals surface area contributed by atoms with Crippen LogP contribution in [0.4, 0.5) is 17.3 Å². The average Bonchev–Trinajstić information content (AvgIpc) is 2.45. The van der Waals surface area contributed by atoms with Crippen molar-refractivity contribution >= 4 is 28.9 Å². The Labute approximate surface area is 132 Å². The van der Waals surface area contributed by atoms with Crippen LogP contribution in [0.1, 0.15) is 19.4 Å². The molecule has 2 N–H and O–H groups in total. The van der Waals surface area contributed by atoms with E-state index in [2.05, 4.69) is 20.6 Å². The molecule has 1 aromatic carbocycles. The van der Waals surface area contributed by atoms with Crippen LogP contribution in [-0.2, 0) is 6.54 Å². The van der Waals surface area contributed by atoms with Crippen molar-refractivity contribution in [1.29, 1.82) is 0 Å². The Balaban J connectivity index is 2.27. The van der Waals surface area contributed by atoms with Crippen molar-refractivity contribution in [3.05, 3.63) is 51.3 Å². The van der Waals surface area contributed by atoms with E-state index in [1.54, 1.807) is 6.07 Å². The molecule has 0 atom stereocenters. The molecule has 2 rings (SSSR count). The van der Waals surface area contributed by atoms with Gasteiger partial charge in [0.1, 0.15) is 6.33 Å². The van der Waals surface area contributed by atoms with Gasteiger partial charge in [0.05, 0.1) is 4.92 Å². The Kier molecular flexibility index (Phi) is 5.11. The normalized spacial score (nSPS) is 10.5. The van der Waals surface area contributed by atoms with Gasteiger partial charge < -0.3 is 10.6 Å². The highest BCUT2D eigenvalue weighted by Crippen LogP contribution is 2.30. The monoisotopic (exact) mass is 321 g/mol. The molecule has 0 saturated heterocycles. The van der Waals surface area contributed by atoms with Crippen molar-refractivity contribution in [2.24, 2.45) is 0 Å². The molecule has 0 saturated carbocycles. The van der Waals surface area contributed by atoms with Gasteiger partial charge in [0.25, 0.3) is 0 Å². The van der Waals surface area contributed by atoms with Gasteiger partial charge in [-0.15, -0.1) is 0 Å². The largest absolute Gasteiger partial charge is 0.362 e. The van der Waals surface area contributed by atoms with Gasteiger partial charge in [-0.2, -0.15) is 0 Å². The maximum Gasteiger partial charge on any atom is 0.353 e. The van der Waals surface area contributed by atoms with E-state index < -0.39 is 4.92 Å². The Hall–Kier alpha value is -2.41.